The Balaban J connectivity index is 2.13. The molecule has 1 heterocycles. The quantitative estimate of drug-likeness (QED) is 0.829. The van der Waals surface area contributed by atoms with Gasteiger partial charge in [0.15, 0.2) is 6.29 Å². The lowest BCUT2D eigenvalue weighted by Gasteiger charge is -2.32. The smallest absolute Gasteiger partial charge is 0.297 e. The number of ether oxygens (including phenoxy) is 2. The van der Waals surface area contributed by atoms with Crippen LogP contribution in [0.25, 0.3) is 0 Å². The Morgan fingerprint density at radius 2 is 1.90 bits per heavy atom. The van der Waals surface area contributed by atoms with Gasteiger partial charge in [0.1, 0.15) is 6.10 Å². The molecule has 0 radical (unpaired) electrons. The molecule has 112 valence electrons. The molecule has 0 spiro atoms. The van der Waals surface area contributed by atoms with Gasteiger partial charge < -0.3 is 14.6 Å². The molecule has 1 aliphatic rings. The first kappa shape index (κ1) is 15.4. The van der Waals surface area contributed by atoms with E-state index in [0.717, 1.165) is 5.56 Å². The van der Waals surface area contributed by atoms with E-state index in [9.17, 15) is 13.5 Å². The molecule has 0 aliphatic carbocycles. The molecular formula is C13H18O6S. The highest BCUT2D eigenvalue weighted by Crippen LogP contribution is 2.23. The molecule has 1 N–H and O–H groups in total. The van der Waals surface area contributed by atoms with Crippen molar-refractivity contribution in [1.29, 1.82) is 0 Å². The number of hydrogen-bond donors (Lipinski definition) is 1. The summed E-state index contributed by atoms with van der Waals surface area (Å²) in [5.41, 5.74) is 0.961. The van der Waals surface area contributed by atoms with E-state index in [1.54, 1.807) is 12.1 Å². The Morgan fingerprint density at radius 1 is 1.25 bits per heavy atom. The highest BCUT2D eigenvalue weighted by atomic mass is 32.2. The van der Waals surface area contributed by atoms with Crippen molar-refractivity contribution in [3.63, 3.8) is 0 Å². The third-order valence-corrected chi connectivity index (χ3v) is 4.51. The largest absolute Gasteiger partial charge is 0.378 e. The first-order valence-electron chi connectivity index (χ1n) is 6.25. The van der Waals surface area contributed by atoms with Crippen LogP contribution in [0, 0.1) is 6.92 Å². The number of aryl methyl sites for hydroxylation is 1. The van der Waals surface area contributed by atoms with Crippen molar-refractivity contribution in [3.05, 3.63) is 29.8 Å². The van der Waals surface area contributed by atoms with Crippen LogP contribution in [0.3, 0.4) is 0 Å². The van der Waals surface area contributed by atoms with Gasteiger partial charge in [-0.1, -0.05) is 17.7 Å². The van der Waals surface area contributed by atoms with Crippen molar-refractivity contribution in [2.45, 2.75) is 36.7 Å². The van der Waals surface area contributed by atoms with E-state index >= 15 is 0 Å². The van der Waals surface area contributed by atoms with Crippen LogP contribution >= 0.6 is 0 Å². The molecule has 0 saturated carbocycles. The summed E-state index contributed by atoms with van der Waals surface area (Å²) in [5, 5.41) is 9.37. The zero-order chi connectivity index (χ0) is 14.8. The topological polar surface area (TPSA) is 82.1 Å². The summed E-state index contributed by atoms with van der Waals surface area (Å²) >= 11 is 0. The average molecular weight is 302 g/mol. The fourth-order valence-electron chi connectivity index (χ4n) is 1.99. The molecule has 1 fully saturated rings. The maximum absolute atomic E-state index is 12.2. The van der Waals surface area contributed by atoms with E-state index in [1.807, 2.05) is 6.92 Å². The first-order chi connectivity index (χ1) is 9.42. The van der Waals surface area contributed by atoms with Gasteiger partial charge in [0.05, 0.1) is 17.6 Å². The zero-order valence-electron chi connectivity index (χ0n) is 11.4. The van der Waals surface area contributed by atoms with Gasteiger partial charge >= 0.3 is 0 Å². The van der Waals surface area contributed by atoms with Crippen LogP contribution in [0.15, 0.2) is 29.2 Å². The number of hydrogen-bond acceptors (Lipinski definition) is 6. The molecule has 0 amide bonds. The van der Waals surface area contributed by atoms with Crippen molar-refractivity contribution in [2.75, 3.05) is 13.7 Å². The highest BCUT2D eigenvalue weighted by Gasteiger charge is 2.35. The van der Waals surface area contributed by atoms with Gasteiger partial charge in [-0.3, -0.25) is 4.18 Å². The molecule has 6 nitrogen and oxygen atoms in total. The zero-order valence-corrected chi connectivity index (χ0v) is 12.2. The average Bonchev–Trinajstić information content (AvgIpc) is 2.41. The van der Waals surface area contributed by atoms with Gasteiger partial charge in [0.25, 0.3) is 10.1 Å². The van der Waals surface area contributed by atoms with Crippen LogP contribution in [0.2, 0.25) is 0 Å². The van der Waals surface area contributed by atoms with E-state index in [4.69, 9.17) is 13.7 Å². The lowest BCUT2D eigenvalue weighted by atomic mass is 10.1. The Hall–Kier alpha value is -0.990. The molecule has 1 aromatic rings. The summed E-state index contributed by atoms with van der Waals surface area (Å²) in [5.74, 6) is 0. The maximum Gasteiger partial charge on any atom is 0.297 e. The minimum atomic E-state index is -3.88. The minimum Gasteiger partial charge on any atom is -0.378 e. The van der Waals surface area contributed by atoms with Crippen molar-refractivity contribution in [2.24, 2.45) is 0 Å². The number of aliphatic hydroxyl groups is 1. The fraction of sp³-hybridized carbons (Fsp3) is 0.538. The van der Waals surface area contributed by atoms with Gasteiger partial charge in [-0.05, 0) is 19.1 Å². The van der Waals surface area contributed by atoms with Crippen LogP contribution < -0.4 is 0 Å². The summed E-state index contributed by atoms with van der Waals surface area (Å²) in [6, 6.07) is 6.38. The van der Waals surface area contributed by atoms with Crippen molar-refractivity contribution in [3.8, 4) is 0 Å². The number of benzene rings is 1. The molecule has 0 aromatic heterocycles. The summed E-state index contributed by atoms with van der Waals surface area (Å²) in [7, 11) is -2.44. The van der Waals surface area contributed by atoms with Gasteiger partial charge in [0.2, 0.25) is 0 Å². The predicted molar refractivity (Wildman–Crippen MR) is 70.6 cm³/mol. The molecular weight excluding hydrogens is 284 g/mol. The summed E-state index contributed by atoms with van der Waals surface area (Å²) in [6.07, 6.45) is -2.08. The number of rotatable bonds is 4. The summed E-state index contributed by atoms with van der Waals surface area (Å²) in [4.78, 5) is 0.0871. The molecule has 1 aliphatic heterocycles. The fourth-order valence-corrected chi connectivity index (χ4v) is 3.08. The molecule has 2 rings (SSSR count). The van der Waals surface area contributed by atoms with Crippen molar-refractivity contribution < 1.29 is 27.2 Å². The molecule has 1 saturated heterocycles. The molecule has 0 bridgehead atoms. The predicted octanol–water partition coefficient (Wildman–Crippen LogP) is 0.823. The Labute approximate surface area is 118 Å². The van der Waals surface area contributed by atoms with Crippen LogP contribution in [-0.2, 0) is 23.8 Å². The maximum atomic E-state index is 12.2. The van der Waals surface area contributed by atoms with Crippen LogP contribution in [0.4, 0.5) is 0 Å². The van der Waals surface area contributed by atoms with Crippen LogP contribution in [0.1, 0.15) is 12.0 Å². The lowest BCUT2D eigenvalue weighted by Crippen LogP contribution is -2.44. The third kappa shape index (κ3) is 3.56. The van der Waals surface area contributed by atoms with Crippen LogP contribution in [0.5, 0.6) is 0 Å². The van der Waals surface area contributed by atoms with E-state index in [0.29, 0.717) is 0 Å². The molecule has 3 atom stereocenters. The number of aliphatic hydroxyl groups excluding tert-OH is 1. The second-order valence-electron chi connectivity index (χ2n) is 4.70. The summed E-state index contributed by atoms with van der Waals surface area (Å²) < 4.78 is 39.6. The third-order valence-electron chi connectivity index (χ3n) is 3.16. The van der Waals surface area contributed by atoms with Gasteiger partial charge in [0, 0.05) is 13.5 Å². The lowest BCUT2D eigenvalue weighted by molar-refractivity contribution is -0.193. The van der Waals surface area contributed by atoms with Crippen molar-refractivity contribution in [1.82, 2.24) is 0 Å². The molecule has 1 aromatic carbocycles. The Morgan fingerprint density at radius 3 is 2.50 bits per heavy atom. The molecule has 7 heteroatoms. The van der Waals surface area contributed by atoms with E-state index in [-0.39, 0.29) is 17.9 Å². The Kier molecular flexibility index (Phi) is 4.77. The molecule has 0 unspecified atom stereocenters. The second-order valence-corrected chi connectivity index (χ2v) is 6.27. The molecule has 20 heavy (non-hydrogen) atoms. The SMILES string of the molecule is CO[C@H]1C[C@H](O)OC[C@H]1OS(=O)(=O)c1ccc(C)cc1. The van der Waals surface area contributed by atoms with Crippen LogP contribution in [-0.4, -0.2) is 45.7 Å². The normalized spacial score (nSPS) is 27.4. The second kappa shape index (κ2) is 6.19. The first-order valence-corrected chi connectivity index (χ1v) is 7.65. The monoisotopic (exact) mass is 302 g/mol. The van der Waals surface area contributed by atoms with Gasteiger partial charge in [-0.2, -0.15) is 8.42 Å². The van der Waals surface area contributed by atoms with E-state index < -0.39 is 28.6 Å². The minimum absolute atomic E-state index is 0.0369. The van der Waals surface area contributed by atoms with Crippen molar-refractivity contribution >= 4 is 10.1 Å². The van der Waals surface area contributed by atoms with Gasteiger partial charge in [-0.15, -0.1) is 0 Å². The number of methoxy groups -OCH3 is 1. The van der Waals surface area contributed by atoms with Gasteiger partial charge in [-0.25, -0.2) is 0 Å². The Bertz CT molecular complexity index is 538. The summed E-state index contributed by atoms with van der Waals surface area (Å²) in [6.45, 7) is 1.83. The standard InChI is InChI=1S/C13H18O6S/c1-9-3-5-10(6-4-9)20(15,16)19-12-8-18-13(14)7-11(12)17-2/h3-6,11-14H,7-8H2,1-2H3/t11-,12+,13+/m0/s1. The highest BCUT2D eigenvalue weighted by molar-refractivity contribution is 7.86. The van der Waals surface area contributed by atoms with E-state index in [1.165, 1.54) is 19.2 Å². The van der Waals surface area contributed by atoms with E-state index in [2.05, 4.69) is 0 Å².